The van der Waals surface area contributed by atoms with Gasteiger partial charge in [0.2, 0.25) is 5.91 Å². The van der Waals surface area contributed by atoms with E-state index in [0.717, 1.165) is 12.6 Å². The first-order valence-corrected chi connectivity index (χ1v) is 6.81. The van der Waals surface area contributed by atoms with Crippen molar-refractivity contribution in [1.29, 1.82) is 0 Å². The summed E-state index contributed by atoms with van der Waals surface area (Å²) >= 11 is 0. The highest BCUT2D eigenvalue weighted by Gasteiger charge is 2.12. The largest absolute Gasteiger partial charge is 0.481 e. The van der Waals surface area contributed by atoms with Gasteiger partial charge in [-0.25, -0.2) is 0 Å². The van der Waals surface area contributed by atoms with E-state index in [4.69, 9.17) is 9.84 Å². The maximum absolute atomic E-state index is 11.3. The van der Waals surface area contributed by atoms with E-state index in [0.29, 0.717) is 32.4 Å². The Morgan fingerprint density at radius 1 is 1.36 bits per heavy atom. The van der Waals surface area contributed by atoms with Crippen LogP contribution in [-0.4, -0.2) is 61.4 Å². The van der Waals surface area contributed by atoms with E-state index in [1.54, 1.807) is 6.08 Å². The SMILES string of the molecule is CN.O=C(O)CCCN1COCC=CC1=O.O=CCCC=O. The normalized spacial score (nSPS) is 13.0. The zero-order valence-electron chi connectivity index (χ0n) is 12.8. The maximum atomic E-state index is 11.3. The molecule has 22 heavy (non-hydrogen) atoms. The number of ether oxygens (including phenoxy) is 1. The van der Waals surface area contributed by atoms with Crippen LogP contribution in [0.3, 0.4) is 0 Å². The molecule has 1 aliphatic rings. The highest BCUT2D eigenvalue weighted by Crippen LogP contribution is 2.01. The number of carboxylic acids is 1. The molecule has 0 atom stereocenters. The van der Waals surface area contributed by atoms with Crippen molar-refractivity contribution in [2.45, 2.75) is 25.7 Å². The first-order valence-electron chi connectivity index (χ1n) is 6.81. The van der Waals surface area contributed by atoms with Crippen molar-refractivity contribution in [3.05, 3.63) is 12.2 Å². The van der Waals surface area contributed by atoms with Gasteiger partial charge in [0.15, 0.2) is 0 Å². The summed E-state index contributed by atoms with van der Waals surface area (Å²) in [6.45, 7) is 1.10. The van der Waals surface area contributed by atoms with Gasteiger partial charge in [0.25, 0.3) is 0 Å². The zero-order chi connectivity index (χ0) is 17.2. The van der Waals surface area contributed by atoms with Gasteiger partial charge >= 0.3 is 5.97 Å². The summed E-state index contributed by atoms with van der Waals surface area (Å²) in [4.78, 5) is 41.8. The Morgan fingerprint density at radius 3 is 2.45 bits per heavy atom. The number of amides is 1. The van der Waals surface area contributed by atoms with Gasteiger partial charge in [-0.3, -0.25) is 9.59 Å². The number of carbonyl (C=O) groups excluding carboxylic acids is 3. The van der Waals surface area contributed by atoms with Crippen LogP contribution in [0.5, 0.6) is 0 Å². The molecular formula is C14H24N2O6. The molecule has 0 radical (unpaired) electrons. The maximum Gasteiger partial charge on any atom is 0.303 e. The average molecular weight is 316 g/mol. The Bertz CT molecular complexity index is 349. The zero-order valence-corrected chi connectivity index (χ0v) is 12.8. The molecule has 0 saturated carbocycles. The van der Waals surface area contributed by atoms with Gasteiger partial charge < -0.3 is 30.1 Å². The van der Waals surface area contributed by atoms with E-state index >= 15 is 0 Å². The van der Waals surface area contributed by atoms with Gasteiger partial charge in [0.1, 0.15) is 19.3 Å². The van der Waals surface area contributed by atoms with Crippen molar-refractivity contribution in [3.8, 4) is 0 Å². The van der Waals surface area contributed by atoms with Crippen LogP contribution in [-0.2, 0) is 23.9 Å². The lowest BCUT2D eigenvalue weighted by molar-refractivity contribution is -0.138. The fourth-order valence-electron chi connectivity index (χ4n) is 1.28. The fraction of sp³-hybridized carbons (Fsp3) is 0.571. The van der Waals surface area contributed by atoms with Gasteiger partial charge in [0.05, 0.1) is 6.61 Å². The number of hydrogen-bond donors (Lipinski definition) is 2. The lowest BCUT2D eigenvalue weighted by Crippen LogP contribution is -2.31. The van der Waals surface area contributed by atoms with E-state index in [1.165, 1.54) is 18.0 Å². The van der Waals surface area contributed by atoms with Crippen molar-refractivity contribution in [1.82, 2.24) is 4.90 Å². The number of rotatable bonds is 7. The lowest BCUT2D eigenvalue weighted by Gasteiger charge is -2.18. The summed E-state index contributed by atoms with van der Waals surface area (Å²) in [6.07, 6.45) is 5.83. The van der Waals surface area contributed by atoms with Crippen molar-refractivity contribution < 1.29 is 29.0 Å². The smallest absolute Gasteiger partial charge is 0.303 e. The average Bonchev–Trinajstić information content (AvgIpc) is 2.72. The molecule has 126 valence electrons. The molecule has 0 fully saturated rings. The minimum Gasteiger partial charge on any atom is -0.481 e. The van der Waals surface area contributed by atoms with Crippen LogP contribution in [0.4, 0.5) is 0 Å². The van der Waals surface area contributed by atoms with Crippen LogP contribution in [0.25, 0.3) is 0 Å². The molecule has 0 saturated heterocycles. The van der Waals surface area contributed by atoms with E-state index in [2.05, 4.69) is 5.73 Å². The van der Waals surface area contributed by atoms with Crippen molar-refractivity contribution >= 4 is 24.4 Å². The van der Waals surface area contributed by atoms with Gasteiger partial charge in [-0.2, -0.15) is 0 Å². The minimum atomic E-state index is -0.844. The Hall–Kier alpha value is -2.06. The number of hydrogen-bond acceptors (Lipinski definition) is 6. The molecule has 0 unspecified atom stereocenters. The molecule has 1 amide bonds. The molecule has 3 N–H and O–H groups in total. The van der Waals surface area contributed by atoms with Gasteiger partial charge in [-0.05, 0) is 13.5 Å². The number of aldehydes is 2. The number of nitrogens with two attached hydrogens (primary N) is 1. The highest BCUT2D eigenvalue weighted by molar-refractivity contribution is 5.87. The standard InChI is InChI=1S/C9H13NO4.C4H6O2.CH5N/c11-8-3-2-6-14-7-10(8)5-1-4-9(12)13;5-3-1-2-4-6;1-2/h2-3H,1,4-7H2,(H,12,13);3-4H,1-2H2;2H2,1H3. The van der Waals surface area contributed by atoms with Crippen LogP contribution in [0.2, 0.25) is 0 Å². The Balaban J connectivity index is 0. The van der Waals surface area contributed by atoms with Crippen molar-refractivity contribution in [2.24, 2.45) is 5.73 Å². The summed E-state index contributed by atoms with van der Waals surface area (Å²) < 4.78 is 5.11. The molecule has 8 heteroatoms. The van der Waals surface area contributed by atoms with Gasteiger partial charge in [-0.1, -0.05) is 6.08 Å². The monoisotopic (exact) mass is 316 g/mol. The van der Waals surface area contributed by atoms with E-state index in [9.17, 15) is 19.2 Å². The number of aliphatic carboxylic acids is 1. The third kappa shape index (κ3) is 14.4. The lowest BCUT2D eigenvalue weighted by atomic mass is 10.3. The second-order valence-electron chi connectivity index (χ2n) is 3.91. The molecule has 1 rings (SSSR count). The first kappa shape index (κ1) is 22.2. The van der Waals surface area contributed by atoms with Gasteiger partial charge in [0, 0.05) is 31.9 Å². The second kappa shape index (κ2) is 17.0. The number of unbranched alkanes of at least 4 members (excludes halogenated alkanes) is 1. The summed E-state index contributed by atoms with van der Waals surface area (Å²) in [5.41, 5.74) is 4.50. The predicted octanol–water partition coefficient (Wildman–Crippen LogP) is -0.0370. The molecular weight excluding hydrogens is 292 g/mol. The molecule has 8 nitrogen and oxygen atoms in total. The summed E-state index contributed by atoms with van der Waals surface area (Å²) in [5.74, 6) is -0.961. The molecule has 0 spiro atoms. The van der Waals surface area contributed by atoms with Crippen LogP contribution < -0.4 is 5.73 Å². The molecule has 0 aliphatic carbocycles. The van der Waals surface area contributed by atoms with E-state index in [1.807, 2.05) is 0 Å². The Labute approximate surface area is 129 Å². The third-order valence-corrected chi connectivity index (χ3v) is 2.25. The fourth-order valence-corrected chi connectivity index (χ4v) is 1.28. The molecule has 0 aromatic heterocycles. The first-order chi connectivity index (χ1) is 10.6. The van der Waals surface area contributed by atoms with Crippen LogP contribution in [0, 0.1) is 0 Å². The second-order valence-corrected chi connectivity index (χ2v) is 3.91. The molecule has 0 aromatic carbocycles. The Morgan fingerprint density at radius 2 is 1.95 bits per heavy atom. The van der Waals surface area contributed by atoms with Crippen LogP contribution in [0.15, 0.2) is 12.2 Å². The molecule has 0 bridgehead atoms. The summed E-state index contributed by atoms with van der Waals surface area (Å²) in [7, 11) is 1.50. The highest BCUT2D eigenvalue weighted by atomic mass is 16.5. The minimum absolute atomic E-state index is 0.0769. The summed E-state index contributed by atoms with van der Waals surface area (Å²) in [5, 5.41) is 8.42. The molecule has 1 aliphatic heterocycles. The quantitative estimate of drug-likeness (QED) is 0.498. The number of carboxylic acid groups (broad SMARTS) is 1. The van der Waals surface area contributed by atoms with E-state index in [-0.39, 0.29) is 19.1 Å². The molecule has 0 aromatic rings. The number of carbonyl (C=O) groups is 4. The predicted molar refractivity (Wildman–Crippen MR) is 80.0 cm³/mol. The Kier molecular flexibility index (Phi) is 17.2. The summed E-state index contributed by atoms with van der Waals surface area (Å²) in [6, 6.07) is 0. The van der Waals surface area contributed by atoms with Crippen molar-refractivity contribution in [2.75, 3.05) is 26.9 Å². The van der Waals surface area contributed by atoms with E-state index < -0.39 is 5.97 Å². The van der Waals surface area contributed by atoms with Crippen LogP contribution >= 0.6 is 0 Å². The third-order valence-electron chi connectivity index (χ3n) is 2.25. The van der Waals surface area contributed by atoms with Crippen molar-refractivity contribution in [3.63, 3.8) is 0 Å². The number of nitrogens with zero attached hydrogens (tertiary/aromatic N) is 1. The molecule has 1 heterocycles. The van der Waals surface area contributed by atoms with Gasteiger partial charge in [-0.15, -0.1) is 0 Å². The topological polar surface area (TPSA) is 127 Å². The van der Waals surface area contributed by atoms with Crippen LogP contribution in [0.1, 0.15) is 25.7 Å².